The fourth-order valence-electron chi connectivity index (χ4n) is 2.44. The van der Waals surface area contributed by atoms with Crippen LogP contribution in [0.3, 0.4) is 0 Å². The summed E-state index contributed by atoms with van der Waals surface area (Å²) >= 11 is 5.84. The number of amides is 2. The lowest BCUT2D eigenvalue weighted by atomic mass is 10.1. The Kier molecular flexibility index (Phi) is 7.99. The molecule has 0 aliphatic heterocycles. The molecule has 0 radical (unpaired) electrons. The minimum atomic E-state index is -0.0387. The van der Waals surface area contributed by atoms with Gasteiger partial charge in [0.15, 0.2) is 0 Å². The van der Waals surface area contributed by atoms with Crippen molar-refractivity contribution in [2.75, 3.05) is 13.1 Å². The van der Waals surface area contributed by atoms with Crippen LogP contribution in [0.1, 0.15) is 24.0 Å². The number of benzene rings is 2. The molecule has 0 unspecified atom stereocenters. The fourth-order valence-corrected chi connectivity index (χ4v) is 2.57. The Morgan fingerprint density at radius 1 is 0.800 bits per heavy atom. The molecule has 0 aliphatic carbocycles. The first-order valence-corrected chi connectivity index (χ1v) is 8.83. The molecule has 5 heteroatoms. The molecule has 25 heavy (non-hydrogen) atoms. The largest absolute Gasteiger partial charge is 0.354 e. The predicted octanol–water partition coefficient (Wildman–Crippen LogP) is 3.14. The number of aryl methyl sites for hydroxylation is 1. The molecule has 0 saturated carbocycles. The minimum absolute atomic E-state index is 0.00581. The monoisotopic (exact) mass is 358 g/mol. The van der Waals surface area contributed by atoms with Gasteiger partial charge in [0.05, 0.1) is 6.42 Å². The Morgan fingerprint density at radius 3 is 2.12 bits per heavy atom. The number of hydrogen-bond acceptors (Lipinski definition) is 2. The lowest BCUT2D eigenvalue weighted by Crippen LogP contribution is -2.35. The third kappa shape index (κ3) is 7.86. The minimum Gasteiger partial charge on any atom is -0.354 e. The molecule has 2 aromatic carbocycles. The van der Waals surface area contributed by atoms with E-state index in [0.717, 1.165) is 23.4 Å². The normalized spacial score (nSPS) is 10.3. The van der Waals surface area contributed by atoms with E-state index in [1.165, 1.54) is 5.56 Å². The van der Waals surface area contributed by atoms with Crippen LogP contribution < -0.4 is 10.6 Å². The molecular weight excluding hydrogens is 336 g/mol. The van der Waals surface area contributed by atoms with Gasteiger partial charge in [-0.15, -0.1) is 0 Å². The average molecular weight is 359 g/mol. The molecule has 0 fully saturated rings. The highest BCUT2D eigenvalue weighted by molar-refractivity contribution is 6.30. The molecule has 0 spiro atoms. The zero-order valence-corrected chi connectivity index (χ0v) is 14.9. The highest BCUT2D eigenvalue weighted by Gasteiger charge is 2.04. The summed E-state index contributed by atoms with van der Waals surface area (Å²) in [6.45, 7) is 0.884. The first-order chi connectivity index (χ1) is 12.1. The third-order valence-electron chi connectivity index (χ3n) is 3.76. The quantitative estimate of drug-likeness (QED) is 0.676. The van der Waals surface area contributed by atoms with Crippen molar-refractivity contribution in [2.24, 2.45) is 0 Å². The summed E-state index contributed by atoms with van der Waals surface area (Å²) < 4.78 is 0. The predicted molar refractivity (Wildman–Crippen MR) is 101 cm³/mol. The Balaban J connectivity index is 1.53. The van der Waals surface area contributed by atoms with Gasteiger partial charge < -0.3 is 10.6 Å². The third-order valence-corrected chi connectivity index (χ3v) is 4.01. The number of carbonyl (C=O) groups is 2. The molecule has 2 amide bonds. The zero-order chi connectivity index (χ0) is 17.9. The van der Waals surface area contributed by atoms with Crippen LogP contribution in [0, 0.1) is 0 Å². The number of rotatable bonds is 9. The second-order valence-electron chi connectivity index (χ2n) is 5.84. The maximum Gasteiger partial charge on any atom is 0.224 e. The van der Waals surface area contributed by atoms with E-state index in [-0.39, 0.29) is 11.8 Å². The van der Waals surface area contributed by atoms with Crippen molar-refractivity contribution in [3.8, 4) is 0 Å². The maximum atomic E-state index is 11.8. The zero-order valence-electron chi connectivity index (χ0n) is 14.1. The van der Waals surface area contributed by atoms with Crippen LogP contribution in [0.2, 0.25) is 5.02 Å². The van der Waals surface area contributed by atoms with Crippen LogP contribution in [0.4, 0.5) is 0 Å². The Hall–Kier alpha value is -2.33. The Labute approximate surface area is 153 Å². The van der Waals surface area contributed by atoms with Crippen LogP contribution in [-0.2, 0) is 22.4 Å². The summed E-state index contributed by atoms with van der Waals surface area (Å²) in [6, 6.07) is 17.2. The van der Waals surface area contributed by atoms with Crippen LogP contribution >= 0.6 is 11.6 Å². The van der Waals surface area contributed by atoms with Crippen LogP contribution in [0.15, 0.2) is 54.6 Å². The SMILES string of the molecule is O=C(CCCc1ccc(Cl)cc1)NCCNC(=O)Cc1ccccc1. The first kappa shape index (κ1) is 19.0. The van der Waals surface area contributed by atoms with Crippen LogP contribution in [0.5, 0.6) is 0 Å². The standard InChI is InChI=1S/C20H23ClN2O2/c21-18-11-9-16(10-12-18)7-4-8-19(24)22-13-14-23-20(25)15-17-5-2-1-3-6-17/h1-3,5-6,9-12H,4,7-8,13-15H2,(H,22,24)(H,23,25). The summed E-state index contributed by atoms with van der Waals surface area (Å²) in [5.41, 5.74) is 2.15. The molecule has 0 aromatic heterocycles. The van der Waals surface area contributed by atoms with E-state index in [2.05, 4.69) is 10.6 Å². The topological polar surface area (TPSA) is 58.2 Å². The summed E-state index contributed by atoms with van der Waals surface area (Å²) in [6.07, 6.45) is 2.46. The van der Waals surface area contributed by atoms with Gasteiger partial charge in [-0.2, -0.15) is 0 Å². The van der Waals surface area contributed by atoms with Crippen molar-refractivity contribution in [3.63, 3.8) is 0 Å². The van der Waals surface area contributed by atoms with Gasteiger partial charge in [-0.05, 0) is 36.1 Å². The molecule has 2 rings (SSSR count). The van der Waals surface area contributed by atoms with Gasteiger partial charge >= 0.3 is 0 Å². The molecule has 0 heterocycles. The van der Waals surface area contributed by atoms with Gasteiger partial charge in [-0.25, -0.2) is 0 Å². The van der Waals surface area contributed by atoms with Gasteiger partial charge in [0.1, 0.15) is 0 Å². The Morgan fingerprint density at radius 2 is 1.44 bits per heavy atom. The van der Waals surface area contributed by atoms with Crippen molar-refractivity contribution >= 4 is 23.4 Å². The molecule has 4 nitrogen and oxygen atoms in total. The number of hydrogen-bond donors (Lipinski definition) is 2. The molecule has 0 bridgehead atoms. The summed E-state index contributed by atoms with van der Waals surface area (Å²) in [5, 5.41) is 6.35. The maximum absolute atomic E-state index is 11.8. The van der Waals surface area contributed by atoms with E-state index in [1.807, 2.05) is 54.6 Å². The van der Waals surface area contributed by atoms with Crippen molar-refractivity contribution in [1.29, 1.82) is 0 Å². The van der Waals surface area contributed by atoms with E-state index in [1.54, 1.807) is 0 Å². The highest BCUT2D eigenvalue weighted by Crippen LogP contribution is 2.11. The number of carbonyl (C=O) groups excluding carboxylic acids is 2. The van der Waals surface area contributed by atoms with Crippen molar-refractivity contribution < 1.29 is 9.59 Å². The summed E-state index contributed by atoms with van der Waals surface area (Å²) in [5.74, 6) is -0.0329. The van der Waals surface area contributed by atoms with Crippen LogP contribution in [0.25, 0.3) is 0 Å². The van der Waals surface area contributed by atoms with Gasteiger partial charge in [0.25, 0.3) is 0 Å². The molecule has 0 saturated heterocycles. The molecule has 2 aromatic rings. The van der Waals surface area contributed by atoms with Crippen molar-refractivity contribution in [1.82, 2.24) is 10.6 Å². The van der Waals surface area contributed by atoms with Gasteiger partial charge in [-0.1, -0.05) is 54.1 Å². The molecule has 132 valence electrons. The van der Waals surface area contributed by atoms with E-state index in [0.29, 0.717) is 25.9 Å². The summed E-state index contributed by atoms with van der Waals surface area (Å²) in [4.78, 5) is 23.6. The van der Waals surface area contributed by atoms with Gasteiger partial charge in [0, 0.05) is 24.5 Å². The molecular formula is C20H23ClN2O2. The first-order valence-electron chi connectivity index (χ1n) is 8.45. The molecule has 2 N–H and O–H groups in total. The van der Waals surface area contributed by atoms with Crippen LogP contribution in [-0.4, -0.2) is 24.9 Å². The second kappa shape index (κ2) is 10.5. The smallest absolute Gasteiger partial charge is 0.224 e. The number of halogens is 1. The fraction of sp³-hybridized carbons (Fsp3) is 0.300. The lowest BCUT2D eigenvalue weighted by molar-refractivity contribution is -0.122. The average Bonchev–Trinajstić information content (AvgIpc) is 2.61. The highest BCUT2D eigenvalue weighted by atomic mass is 35.5. The number of nitrogens with one attached hydrogen (secondary N) is 2. The lowest BCUT2D eigenvalue weighted by Gasteiger charge is -2.07. The van der Waals surface area contributed by atoms with E-state index in [9.17, 15) is 9.59 Å². The van der Waals surface area contributed by atoms with Gasteiger partial charge in [-0.3, -0.25) is 9.59 Å². The van der Waals surface area contributed by atoms with E-state index in [4.69, 9.17) is 11.6 Å². The Bertz CT molecular complexity index is 672. The van der Waals surface area contributed by atoms with E-state index >= 15 is 0 Å². The summed E-state index contributed by atoms with van der Waals surface area (Å²) in [7, 11) is 0. The second-order valence-corrected chi connectivity index (χ2v) is 6.28. The van der Waals surface area contributed by atoms with Crippen molar-refractivity contribution in [2.45, 2.75) is 25.7 Å². The molecule has 0 atom stereocenters. The van der Waals surface area contributed by atoms with Gasteiger partial charge in [0.2, 0.25) is 11.8 Å². The van der Waals surface area contributed by atoms with Crippen molar-refractivity contribution in [3.05, 3.63) is 70.7 Å². The molecule has 0 aliphatic rings. The van der Waals surface area contributed by atoms with E-state index < -0.39 is 0 Å².